The maximum absolute atomic E-state index is 13.5. The Balaban J connectivity index is 1.16. The molecular weight excluding hydrogens is 567 g/mol. The van der Waals surface area contributed by atoms with Gasteiger partial charge < -0.3 is 34.5 Å². The van der Waals surface area contributed by atoms with Gasteiger partial charge in [-0.15, -0.1) is 0 Å². The van der Waals surface area contributed by atoms with Crippen molar-refractivity contribution in [1.82, 2.24) is 20.2 Å². The normalized spacial score (nSPS) is 25.4. The Morgan fingerprint density at radius 3 is 2.53 bits per heavy atom. The van der Waals surface area contributed by atoms with E-state index in [1.165, 1.54) is 25.6 Å². The maximum atomic E-state index is 13.5. The Morgan fingerprint density at radius 1 is 1.07 bits per heavy atom. The van der Waals surface area contributed by atoms with Crippen molar-refractivity contribution in [2.24, 2.45) is 0 Å². The molecule has 1 aromatic carbocycles. The SMILES string of the molecule is COc1c(NC[C@H]2CCC[C@@H](c3ccc(C(F)(F)F)cc3)O2)ncnc1C(=O)N1CCC(N[C@@H]2CCOC[C@@H]2OC)CC1. The van der Waals surface area contributed by atoms with E-state index < -0.39 is 11.7 Å². The number of piperidine rings is 1. The van der Waals surface area contributed by atoms with E-state index in [0.717, 1.165) is 56.2 Å². The molecule has 3 fully saturated rings. The molecule has 236 valence electrons. The molecule has 0 unspecified atom stereocenters. The van der Waals surface area contributed by atoms with Crippen molar-refractivity contribution >= 4 is 11.7 Å². The van der Waals surface area contributed by atoms with Gasteiger partial charge in [-0.25, -0.2) is 9.97 Å². The molecule has 0 spiro atoms. The van der Waals surface area contributed by atoms with Crippen LogP contribution in [0.5, 0.6) is 5.75 Å². The van der Waals surface area contributed by atoms with Gasteiger partial charge in [-0.2, -0.15) is 13.2 Å². The lowest BCUT2D eigenvalue weighted by molar-refractivity contribution is -0.137. The number of halogens is 3. The van der Waals surface area contributed by atoms with Gasteiger partial charge in [-0.05, 0) is 56.2 Å². The Kier molecular flexibility index (Phi) is 10.4. The standard InChI is InChI=1S/C30H40F3N5O5/c1-40-25-17-42-15-12-23(25)37-21-10-13-38(14-11-21)29(39)26-27(41-2)28(36-18-35-26)34-16-22-4-3-5-24(43-22)19-6-8-20(9-7-19)30(31,32)33/h6-9,18,21-25,37H,3-5,10-17H2,1-2H3,(H,34,35,36)/t22-,23-,24+,25+/m1/s1. The fourth-order valence-corrected chi connectivity index (χ4v) is 6.07. The molecular formula is C30H40F3N5O5. The highest BCUT2D eigenvalue weighted by atomic mass is 19.4. The van der Waals surface area contributed by atoms with Crippen LogP contribution in [0.1, 0.15) is 66.2 Å². The first-order valence-corrected chi connectivity index (χ1v) is 14.9. The number of alkyl halides is 3. The fraction of sp³-hybridized carbons (Fsp3) is 0.633. The minimum absolute atomic E-state index is 0.0272. The summed E-state index contributed by atoms with van der Waals surface area (Å²) >= 11 is 0. The van der Waals surface area contributed by atoms with E-state index >= 15 is 0 Å². The number of rotatable bonds is 9. The lowest BCUT2D eigenvalue weighted by Gasteiger charge is -2.38. The first kappa shape index (κ1) is 31.4. The summed E-state index contributed by atoms with van der Waals surface area (Å²) in [6, 6.07) is 5.67. The van der Waals surface area contributed by atoms with Crippen molar-refractivity contribution in [1.29, 1.82) is 0 Å². The zero-order valence-corrected chi connectivity index (χ0v) is 24.6. The summed E-state index contributed by atoms with van der Waals surface area (Å²) in [5, 5.41) is 6.94. The van der Waals surface area contributed by atoms with E-state index in [9.17, 15) is 18.0 Å². The van der Waals surface area contributed by atoms with Gasteiger partial charge in [0.2, 0.25) is 0 Å². The number of carbonyl (C=O) groups excluding carboxylic acids is 1. The quantitative estimate of drug-likeness (QED) is 0.433. The predicted molar refractivity (Wildman–Crippen MR) is 152 cm³/mol. The van der Waals surface area contributed by atoms with Crippen molar-refractivity contribution < 1.29 is 36.9 Å². The summed E-state index contributed by atoms with van der Waals surface area (Å²) in [5.74, 6) is 0.452. The van der Waals surface area contributed by atoms with Crippen LogP contribution in [0.3, 0.4) is 0 Å². The highest BCUT2D eigenvalue weighted by molar-refractivity contribution is 5.96. The van der Waals surface area contributed by atoms with Crippen molar-refractivity contribution in [2.45, 2.75) is 75.1 Å². The fourth-order valence-electron chi connectivity index (χ4n) is 6.07. The summed E-state index contributed by atoms with van der Waals surface area (Å²) in [6.45, 7) is 2.88. The Morgan fingerprint density at radius 2 is 1.84 bits per heavy atom. The number of nitrogens with zero attached hydrogens (tertiary/aromatic N) is 3. The summed E-state index contributed by atoms with van der Waals surface area (Å²) in [7, 11) is 3.18. The van der Waals surface area contributed by atoms with Crippen molar-refractivity contribution in [3.8, 4) is 5.75 Å². The van der Waals surface area contributed by atoms with E-state index in [4.69, 9.17) is 18.9 Å². The van der Waals surface area contributed by atoms with Gasteiger partial charge >= 0.3 is 6.18 Å². The van der Waals surface area contributed by atoms with E-state index in [1.54, 1.807) is 12.0 Å². The third kappa shape index (κ3) is 7.75. The highest BCUT2D eigenvalue weighted by Gasteiger charge is 2.33. The third-order valence-electron chi connectivity index (χ3n) is 8.51. The van der Waals surface area contributed by atoms with Crippen LogP contribution in [0.15, 0.2) is 30.6 Å². The molecule has 0 bridgehead atoms. The lowest BCUT2D eigenvalue weighted by atomic mass is 9.97. The first-order chi connectivity index (χ1) is 20.8. The summed E-state index contributed by atoms with van der Waals surface area (Å²) in [4.78, 5) is 23.9. The second-order valence-corrected chi connectivity index (χ2v) is 11.3. The van der Waals surface area contributed by atoms with Gasteiger partial charge in [0.05, 0.1) is 37.6 Å². The molecule has 10 nitrogen and oxygen atoms in total. The number of carbonyl (C=O) groups is 1. The molecule has 0 aliphatic carbocycles. The minimum atomic E-state index is -4.37. The smallest absolute Gasteiger partial charge is 0.416 e. The number of benzene rings is 1. The molecule has 13 heteroatoms. The van der Waals surface area contributed by atoms with E-state index in [-0.39, 0.29) is 47.7 Å². The lowest BCUT2D eigenvalue weighted by Crippen LogP contribution is -2.54. The van der Waals surface area contributed by atoms with Crippen LogP contribution in [0, 0.1) is 0 Å². The van der Waals surface area contributed by atoms with E-state index in [1.807, 2.05) is 0 Å². The Hall–Kier alpha value is -3.00. The average Bonchev–Trinajstić information content (AvgIpc) is 3.03. The topological polar surface area (TPSA) is 107 Å². The molecule has 2 aromatic rings. The van der Waals surface area contributed by atoms with E-state index in [2.05, 4.69) is 20.6 Å². The number of aromatic nitrogens is 2. The number of hydrogen-bond acceptors (Lipinski definition) is 9. The zero-order chi connectivity index (χ0) is 30.4. The first-order valence-electron chi connectivity index (χ1n) is 14.9. The van der Waals surface area contributed by atoms with Crippen molar-refractivity contribution in [3.63, 3.8) is 0 Å². The number of amides is 1. The molecule has 4 heterocycles. The van der Waals surface area contributed by atoms with Crippen LogP contribution in [0.4, 0.5) is 19.0 Å². The molecule has 43 heavy (non-hydrogen) atoms. The summed E-state index contributed by atoms with van der Waals surface area (Å²) in [6.07, 6.45) is 1.42. The molecule has 2 N–H and O–H groups in total. The molecule has 1 amide bonds. The molecule has 3 aliphatic heterocycles. The number of ether oxygens (including phenoxy) is 4. The monoisotopic (exact) mass is 607 g/mol. The van der Waals surface area contributed by atoms with Crippen LogP contribution in [0.2, 0.25) is 0 Å². The molecule has 0 radical (unpaired) electrons. The predicted octanol–water partition coefficient (Wildman–Crippen LogP) is 4.22. The molecule has 3 saturated heterocycles. The summed E-state index contributed by atoms with van der Waals surface area (Å²) < 4.78 is 61.8. The number of nitrogens with one attached hydrogen (secondary N) is 2. The van der Waals surface area contributed by atoms with Gasteiger partial charge in [-0.3, -0.25) is 4.79 Å². The number of hydrogen-bond donors (Lipinski definition) is 2. The second-order valence-electron chi connectivity index (χ2n) is 11.3. The Labute approximate surface area is 249 Å². The number of likely N-dealkylation sites (tertiary alicyclic amines) is 1. The van der Waals surface area contributed by atoms with Crippen LogP contribution < -0.4 is 15.4 Å². The van der Waals surface area contributed by atoms with Gasteiger partial charge in [0, 0.05) is 45.4 Å². The Bertz CT molecular complexity index is 1210. The maximum Gasteiger partial charge on any atom is 0.416 e. The number of methoxy groups -OCH3 is 2. The molecule has 4 atom stereocenters. The van der Waals surface area contributed by atoms with Gasteiger partial charge in [0.1, 0.15) is 6.33 Å². The molecule has 0 saturated carbocycles. The van der Waals surface area contributed by atoms with Gasteiger partial charge in [0.15, 0.2) is 17.3 Å². The zero-order valence-electron chi connectivity index (χ0n) is 24.6. The molecule has 3 aliphatic rings. The molecule has 1 aromatic heterocycles. The van der Waals surface area contributed by atoms with Crippen molar-refractivity contribution in [3.05, 3.63) is 47.4 Å². The van der Waals surface area contributed by atoms with Gasteiger partial charge in [-0.1, -0.05) is 12.1 Å². The van der Waals surface area contributed by atoms with Gasteiger partial charge in [0.25, 0.3) is 5.91 Å². The van der Waals surface area contributed by atoms with Crippen LogP contribution in [-0.2, 0) is 20.4 Å². The average molecular weight is 608 g/mol. The molecule has 5 rings (SSSR count). The number of anilines is 1. The van der Waals surface area contributed by atoms with Crippen LogP contribution >= 0.6 is 0 Å². The summed E-state index contributed by atoms with van der Waals surface area (Å²) in [5.41, 5.74) is 0.237. The van der Waals surface area contributed by atoms with Crippen LogP contribution in [0.25, 0.3) is 0 Å². The van der Waals surface area contributed by atoms with Crippen molar-refractivity contribution in [2.75, 3.05) is 52.4 Å². The highest BCUT2D eigenvalue weighted by Crippen LogP contribution is 2.35. The van der Waals surface area contributed by atoms with E-state index in [0.29, 0.717) is 38.7 Å². The largest absolute Gasteiger partial charge is 0.491 e. The minimum Gasteiger partial charge on any atom is -0.491 e. The third-order valence-corrected chi connectivity index (χ3v) is 8.51. The van der Waals surface area contributed by atoms with Crippen LogP contribution in [-0.4, -0.2) is 92.1 Å². The second kappa shape index (κ2) is 14.2.